The zero-order valence-corrected chi connectivity index (χ0v) is 13.6. The average molecular weight is 307 g/mol. The lowest BCUT2D eigenvalue weighted by atomic mass is 10.3. The predicted molar refractivity (Wildman–Crippen MR) is 85.8 cm³/mol. The molecule has 0 spiro atoms. The van der Waals surface area contributed by atoms with Gasteiger partial charge in [0.2, 0.25) is 0 Å². The maximum Gasteiger partial charge on any atom is 0.158 e. The third kappa shape index (κ3) is 4.37. The third-order valence-electron chi connectivity index (χ3n) is 2.78. The fourth-order valence-electron chi connectivity index (χ4n) is 1.89. The molecule has 0 amide bonds. The number of hydrogen-bond acceptors (Lipinski definition) is 7. The molecule has 7 heteroatoms. The van der Waals surface area contributed by atoms with Crippen LogP contribution in [0.4, 0.5) is 11.6 Å². The van der Waals surface area contributed by atoms with E-state index in [9.17, 15) is 0 Å². The average Bonchev–Trinajstić information content (AvgIpc) is 2.86. The van der Waals surface area contributed by atoms with Gasteiger partial charge in [-0.25, -0.2) is 15.0 Å². The number of aromatic nitrogens is 3. The molecule has 114 valence electrons. The molecule has 1 atom stereocenters. The number of thiazole rings is 1. The molecular formula is C14H21N5OS. The van der Waals surface area contributed by atoms with Crippen molar-refractivity contribution in [3.05, 3.63) is 28.0 Å². The molecule has 0 aliphatic heterocycles. The molecular weight excluding hydrogens is 286 g/mol. The second-order valence-corrected chi connectivity index (χ2v) is 5.96. The highest BCUT2D eigenvalue weighted by molar-refractivity contribution is 7.11. The SMILES string of the molecule is CCNc1cc(NC(C)c2ncc(C)s2)nc(COC)n1. The van der Waals surface area contributed by atoms with E-state index in [0.29, 0.717) is 12.4 Å². The first-order chi connectivity index (χ1) is 10.1. The number of rotatable bonds is 7. The van der Waals surface area contributed by atoms with Gasteiger partial charge in [0, 0.05) is 30.8 Å². The zero-order valence-electron chi connectivity index (χ0n) is 12.8. The summed E-state index contributed by atoms with van der Waals surface area (Å²) in [6, 6.07) is 2.00. The van der Waals surface area contributed by atoms with E-state index >= 15 is 0 Å². The number of ether oxygens (including phenoxy) is 1. The molecule has 0 aliphatic rings. The molecule has 2 aromatic heterocycles. The van der Waals surface area contributed by atoms with Crippen molar-refractivity contribution in [2.75, 3.05) is 24.3 Å². The summed E-state index contributed by atoms with van der Waals surface area (Å²) < 4.78 is 5.12. The fourth-order valence-corrected chi connectivity index (χ4v) is 2.67. The van der Waals surface area contributed by atoms with E-state index in [2.05, 4.69) is 39.4 Å². The normalized spacial score (nSPS) is 12.2. The summed E-state index contributed by atoms with van der Waals surface area (Å²) in [7, 11) is 1.64. The van der Waals surface area contributed by atoms with Gasteiger partial charge in [-0.05, 0) is 20.8 Å². The van der Waals surface area contributed by atoms with Crippen LogP contribution < -0.4 is 10.6 Å². The molecule has 21 heavy (non-hydrogen) atoms. The van der Waals surface area contributed by atoms with Crippen LogP contribution in [0.15, 0.2) is 12.3 Å². The summed E-state index contributed by atoms with van der Waals surface area (Å²) in [6.45, 7) is 7.36. The molecule has 1 unspecified atom stereocenters. The van der Waals surface area contributed by atoms with Crippen LogP contribution >= 0.6 is 11.3 Å². The van der Waals surface area contributed by atoms with Crippen LogP contribution in [0.3, 0.4) is 0 Å². The highest BCUT2D eigenvalue weighted by Gasteiger charge is 2.12. The van der Waals surface area contributed by atoms with Crippen molar-refractivity contribution in [3.8, 4) is 0 Å². The van der Waals surface area contributed by atoms with Gasteiger partial charge < -0.3 is 15.4 Å². The van der Waals surface area contributed by atoms with Gasteiger partial charge in [-0.3, -0.25) is 0 Å². The number of anilines is 2. The molecule has 0 saturated heterocycles. The van der Waals surface area contributed by atoms with Gasteiger partial charge in [-0.1, -0.05) is 0 Å². The fraction of sp³-hybridized carbons (Fsp3) is 0.500. The maximum absolute atomic E-state index is 5.12. The van der Waals surface area contributed by atoms with E-state index in [-0.39, 0.29) is 6.04 Å². The van der Waals surface area contributed by atoms with E-state index in [1.807, 2.05) is 19.2 Å². The summed E-state index contributed by atoms with van der Waals surface area (Å²) in [6.07, 6.45) is 1.89. The zero-order chi connectivity index (χ0) is 15.2. The molecule has 0 saturated carbocycles. The Balaban J connectivity index is 2.17. The summed E-state index contributed by atoms with van der Waals surface area (Å²) in [5.74, 6) is 2.22. The van der Waals surface area contributed by atoms with Gasteiger partial charge in [0.25, 0.3) is 0 Å². The van der Waals surface area contributed by atoms with Crippen LogP contribution in [0.25, 0.3) is 0 Å². The van der Waals surface area contributed by atoms with Gasteiger partial charge in [-0.15, -0.1) is 11.3 Å². The molecule has 2 heterocycles. The molecule has 2 aromatic rings. The Kier molecular flexibility index (Phi) is 5.46. The Morgan fingerprint density at radius 2 is 2.10 bits per heavy atom. The van der Waals surface area contributed by atoms with Crippen LogP contribution in [-0.4, -0.2) is 28.6 Å². The Labute approximate surface area is 129 Å². The largest absolute Gasteiger partial charge is 0.377 e. The number of nitrogens with one attached hydrogen (secondary N) is 2. The van der Waals surface area contributed by atoms with Crippen molar-refractivity contribution in [1.82, 2.24) is 15.0 Å². The monoisotopic (exact) mass is 307 g/mol. The Morgan fingerprint density at radius 3 is 2.71 bits per heavy atom. The number of methoxy groups -OCH3 is 1. The smallest absolute Gasteiger partial charge is 0.158 e. The van der Waals surface area contributed by atoms with Crippen LogP contribution in [0, 0.1) is 6.92 Å². The molecule has 0 fully saturated rings. The van der Waals surface area contributed by atoms with Crippen LogP contribution in [0.5, 0.6) is 0 Å². The lowest BCUT2D eigenvalue weighted by Gasteiger charge is -2.14. The lowest BCUT2D eigenvalue weighted by Crippen LogP contribution is -2.11. The Bertz CT molecular complexity index is 562. The molecule has 0 aliphatic carbocycles. The number of aryl methyl sites for hydroxylation is 1. The Morgan fingerprint density at radius 1 is 1.33 bits per heavy atom. The number of hydrogen-bond donors (Lipinski definition) is 2. The predicted octanol–water partition coefficient (Wildman–Crippen LogP) is 2.99. The molecule has 0 bridgehead atoms. The highest BCUT2D eigenvalue weighted by atomic mass is 32.1. The van der Waals surface area contributed by atoms with Gasteiger partial charge >= 0.3 is 0 Å². The van der Waals surface area contributed by atoms with Crippen molar-refractivity contribution < 1.29 is 4.74 Å². The van der Waals surface area contributed by atoms with Crippen molar-refractivity contribution >= 4 is 23.0 Å². The first-order valence-electron chi connectivity index (χ1n) is 6.92. The van der Waals surface area contributed by atoms with Crippen LogP contribution in [0.1, 0.15) is 35.6 Å². The number of nitrogens with zero attached hydrogens (tertiary/aromatic N) is 3. The minimum atomic E-state index is 0.100. The summed E-state index contributed by atoms with van der Waals surface area (Å²) in [4.78, 5) is 14.5. The van der Waals surface area contributed by atoms with Crippen LogP contribution in [0.2, 0.25) is 0 Å². The molecule has 0 radical (unpaired) electrons. The quantitative estimate of drug-likeness (QED) is 0.819. The molecule has 2 rings (SSSR count). The minimum absolute atomic E-state index is 0.100. The minimum Gasteiger partial charge on any atom is -0.377 e. The van der Waals surface area contributed by atoms with E-state index in [1.54, 1.807) is 18.4 Å². The van der Waals surface area contributed by atoms with Gasteiger partial charge in [-0.2, -0.15) is 0 Å². The van der Waals surface area contributed by atoms with Crippen molar-refractivity contribution in [1.29, 1.82) is 0 Å². The molecule has 6 nitrogen and oxygen atoms in total. The summed E-state index contributed by atoms with van der Waals surface area (Å²) >= 11 is 1.69. The van der Waals surface area contributed by atoms with E-state index in [1.165, 1.54) is 4.88 Å². The highest BCUT2D eigenvalue weighted by Crippen LogP contribution is 2.23. The van der Waals surface area contributed by atoms with Gasteiger partial charge in [0.15, 0.2) is 5.82 Å². The van der Waals surface area contributed by atoms with E-state index < -0.39 is 0 Å². The third-order valence-corrected chi connectivity index (χ3v) is 3.87. The first-order valence-corrected chi connectivity index (χ1v) is 7.73. The van der Waals surface area contributed by atoms with E-state index in [4.69, 9.17) is 4.74 Å². The lowest BCUT2D eigenvalue weighted by molar-refractivity contribution is 0.178. The summed E-state index contributed by atoms with van der Waals surface area (Å²) in [5, 5.41) is 7.62. The standard InChI is InChI=1S/C14H21N5OS/c1-5-15-11-6-12(19-13(18-11)8-20-4)17-10(3)14-16-7-9(2)21-14/h6-7,10H,5,8H2,1-4H3,(H2,15,17,18,19). The molecule has 2 N–H and O–H groups in total. The van der Waals surface area contributed by atoms with Crippen molar-refractivity contribution in [2.45, 2.75) is 33.4 Å². The van der Waals surface area contributed by atoms with Gasteiger partial charge in [0.1, 0.15) is 23.3 Å². The second kappa shape index (κ2) is 7.33. The van der Waals surface area contributed by atoms with Crippen molar-refractivity contribution in [3.63, 3.8) is 0 Å². The van der Waals surface area contributed by atoms with Gasteiger partial charge in [0.05, 0.1) is 6.04 Å². The second-order valence-electron chi connectivity index (χ2n) is 4.69. The Hall–Kier alpha value is -1.73. The summed E-state index contributed by atoms with van der Waals surface area (Å²) in [5.41, 5.74) is 0. The topological polar surface area (TPSA) is 72.0 Å². The first kappa shape index (κ1) is 15.7. The van der Waals surface area contributed by atoms with Crippen LogP contribution in [-0.2, 0) is 11.3 Å². The maximum atomic E-state index is 5.12. The van der Waals surface area contributed by atoms with Crippen molar-refractivity contribution in [2.24, 2.45) is 0 Å². The van der Waals surface area contributed by atoms with E-state index in [0.717, 1.165) is 23.2 Å². The molecule has 0 aromatic carbocycles.